The fraction of sp³-hybridized carbons (Fsp3) is 0.889. The van der Waals surface area contributed by atoms with Gasteiger partial charge in [0.15, 0.2) is 0 Å². The van der Waals surface area contributed by atoms with Crippen LogP contribution in [0.1, 0.15) is 19.8 Å². The highest BCUT2D eigenvalue weighted by molar-refractivity contribution is 5.73. The SMILES string of the molecule is CC1CN(CCC(N)=O)CCCO1. The van der Waals surface area contributed by atoms with Crippen molar-refractivity contribution in [1.29, 1.82) is 0 Å². The van der Waals surface area contributed by atoms with Gasteiger partial charge in [0.25, 0.3) is 0 Å². The van der Waals surface area contributed by atoms with Crippen molar-refractivity contribution in [3.63, 3.8) is 0 Å². The molecule has 1 atom stereocenters. The predicted molar refractivity (Wildman–Crippen MR) is 50.3 cm³/mol. The second-order valence-corrected chi connectivity index (χ2v) is 3.55. The van der Waals surface area contributed by atoms with Crippen molar-refractivity contribution >= 4 is 5.91 Å². The third kappa shape index (κ3) is 4.24. The first-order valence-electron chi connectivity index (χ1n) is 4.81. The van der Waals surface area contributed by atoms with Crippen LogP contribution in [0.4, 0.5) is 0 Å². The van der Waals surface area contributed by atoms with Gasteiger partial charge in [-0.05, 0) is 13.3 Å². The van der Waals surface area contributed by atoms with Gasteiger partial charge in [0, 0.05) is 32.7 Å². The van der Waals surface area contributed by atoms with Crippen LogP contribution in [0.2, 0.25) is 0 Å². The molecule has 4 nitrogen and oxygen atoms in total. The van der Waals surface area contributed by atoms with E-state index in [-0.39, 0.29) is 12.0 Å². The first-order valence-corrected chi connectivity index (χ1v) is 4.81. The standard InChI is InChI=1S/C9H18N2O2/c1-8-7-11(4-2-6-13-8)5-3-9(10)12/h8H,2-7H2,1H3,(H2,10,12). The van der Waals surface area contributed by atoms with Crippen molar-refractivity contribution < 1.29 is 9.53 Å². The highest BCUT2D eigenvalue weighted by Gasteiger charge is 2.14. The van der Waals surface area contributed by atoms with Gasteiger partial charge in [0.2, 0.25) is 5.91 Å². The Kier molecular flexibility index (Phi) is 4.18. The summed E-state index contributed by atoms with van der Waals surface area (Å²) < 4.78 is 5.48. The number of carbonyl (C=O) groups excluding carboxylic acids is 1. The number of amides is 1. The molecule has 1 rings (SSSR count). The van der Waals surface area contributed by atoms with Gasteiger partial charge in [0.05, 0.1) is 6.10 Å². The van der Waals surface area contributed by atoms with Crippen molar-refractivity contribution in [3.8, 4) is 0 Å². The van der Waals surface area contributed by atoms with E-state index in [1.54, 1.807) is 0 Å². The van der Waals surface area contributed by atoms with E-state index in [0.29, 0.717) is 6.42 Å². The molecule has 4 heteroatoms. The summed E-state index contributed by atoms with van der Waals surface area (Å²) in [6, 6.07) is 0. The van der Waals surface area contributed by atoms with Crippen LogP contribution in [-0.4, -0.2) is 43.2 Å². The molecule has 1 unspecified atom stereocenters. The fourth-order valence-electron chi connectivity index (χ4n) is 1.55. The molecular weight excluding hydrogens is 168 g/mol. The topological polar surface area (TPSA) is 55.6 Å². The molecule has 0 bridgehead atoms. The average molecular weight is 186 g/mol. The third-order valence-electron chi connectivity index (χ3n) is 2.21. The minimum Gasteiger partial charge on any atom is -0.377 e. The second kappa shape index (κ2) is 5.19. The summed E-state index contributed by atoms with van der Waals surface area (Å²) in [5.74, 6) is -0.224. The van der Waals surface area contributed by atoms with E-state index in [4.69, 9.17) is 10.5 Å². The number of nitrogens with two attached hydrogens (primary N) is 1. The largest absolute Gasteiger partial charge is 0.377 e. The average Bonchev–Trinajstić information content (AvgIpc) is 2.26. The van der Waals surface area contributed by atoms with Crippen LogP contribution in [0, 0.1) is 0 Å². The van der Waals surface area contributed by atoms with E-state index >= 15 is 0 Å². The van der Waals surface area contributed by atoms with Gasteiger partial charge in [-0.1, -0.05) is 0 Å². The first kappa shape index (κ1) is 10.5. The molecule has 2 N–H and O–H groups in total. The Morgan fingerprint density at radius 1 is 1.69 bits per heavy atom. The molecule has 0 radical (unpaired) electrons. The van der Waals surface area contributed by atoms with Crippen LogP contribution in [0.5, 0.6) is 0 Å². The van der Waals surface area contributed by atoms with Gasteiger partial charge in [0.1, 0.15) is 0 Å². The number of hydrogen-bond acceptors (Lipinski definition) is 3. The molecule has 0 saturated carbocycles. The molecule has 1 saturated heterocycles. The van der Waals surface area contributed by atoms with Crippen LogP contribution in [-0.2, 0) is 9.53 Å². The zero-order valence-corrected chi connectivity index (χ0v) is 8.16. The molecule has 1 aliphatic rings. The Hall–Kier alpha value is -0.610. The molecule has 76 valence electrons. The highest BCUT2D eigenvalue weighted by Crippen LogP contribution is 2.05. The summed E-state index contributed by atoms with van der Waals surface area (Å²) in [5, 5.41) is 0. The van der Waals surface area contributed by atoms with E-state index in [9.17, 15) is 4.79 Å². The maximum atomic E-state index is 10.6. The normalized spacial score (nSPS) is 25.5. The third-order valence-corrected chi connectivity index (χ3v) is 2.21. The molecule has 0 aromatic rings. The molecule has 13 heavy (non-hydrogen) atoms. The van der Waals surface area contributed by atoms with E-state index in [2.05, 4.69) is 11.8 Å². The summed E-state index contributed by atoms with van der Waals surface area (Å²) in [6.45, 7) is 5.57. The zero-order chi connectivity index (χ0) is 9.68. The molecule has 1 heterocycles. The lowest BCUT2D eigenvalue weighted by Crippen LogP contribution is -2.33. The fourth-order valence-corrected chi connectivity index (χ4v) is 1.55. The van der Waals surface area contributed by atoms with E-state index in [0.717, 1.165) is 32.7 Å². The lowest BCUT2D eigenvalue weighted by molar-refractivity contribution is -0.118. The number of ether oxygens (including phenoxy) is 1. The van der Waals surface area contributed by atoms with Crippen LogP contribution < -0.4 is 5.73 Å². The smallest absolute Gasteiger partial charge is 0.218 e. The minimum absolute atomic E-state index is 0.224. The van der Waals surface area contributed by atoms with Crippen LogP contribution in [0.25, 0.3) is 0 Å². The molecule has 0 aliphatic carbocycles. The van der Waals surface area contributed by atoms with Gasteiger partial charge in [-0.25, -0.2) is 0 Å². The van der Waals surface area contributed by atoms with Crippen LogP contribution in [0.15, 0.2) is 0 Å². The number of hydrogen-bond donors (Lipinski definition) is 1. The number of rotatable bonds is 3. The summed E-state index contributed by atoms with van der Waals surface area (Å²) >= 11 is 0. The lowest BCUT2D eigenvalue weighted by atomic mass is 10.3. The highest BCUT2D eigenvalue weighted by atomic mass is 16.5. The predicted octanol–water partition coefficient (Wildman–Crippen LogP) is -0.0274. The van der Waals surface area contributed by atoms with Crippen molar-refractivity contribution in [2.45, 2.75) is 25.9 Å². The summed E-state index contributed by atoms with van der Waals surface area (Å²) in [6.07, 6.45) is 1.77. The van der Waals surface area contributed by atoms with Gasteiger partial charge in [-0.2, -0.15) is 0 Å². The lowest BCUT2D eigenvalue weighted by Gasteiger charge is -2.20. The monoisotopic (exact) mass is 186 g/mol. The van der Waals surface area contributed by atoms with Crippen molar-refractivity contribution in [3.05, 3.63) is 0 Å². The van der Waals surface area contributed by atoms with Crippen molar-refractivity contribution in [2.75, 3.05) is 26.2 Å². The molecular formula is C9H18N2O2. The molecule has 0 aromatic heterocycles. The Morgan fingerprint density at radius 2 is 2.46 bits per heavy atom. The van der Waals surface area contributed by atoms with Gasteiger partial charge in [-0.3, -0.25) is 4.79 Å². The number of primary amides is 1. The molecule has 1 fully saturated rings. The zero-order valence-electron chi connectivity index (χ0n) is 8.16. The minimum atomic E-state index is -0.224. The summed E-state index contributed by atoms with van der Waals surface area (Å²) in [7, 11) is 0. The second-order valence-electron chi connectivity index (χ2n) is 3.55. The Bertz CT molecular complexity index is 173. The van der Waals surface area contributed by atoms with Crippen LogP contribution >= 0.6 is 0 Å². The maximum Gasteiger partial charge on any atom is 0.218 e. The van der Waals surface area contributed by atoms with Crippen molar-refractivity contribution in [1.82, 2.24) is 4.90 Å². The first-order chi connectivity index (χ1) is 6.18. The van der Waals surface area contributed by atoms with E-state index < -0.39 is 0 Å². The Labute approximate surface area is 79.0 Å². The quantitative estimate of drug-likeness (QED) is 0.673. The van der Waals surface area contributed by atoms with Gasteiger partial charge >= 0.3 is 0 Å². The molecule has 0 aromatic carbocycles. The van der Waals surface area contributed by atoms with E-state index in [1.165, 1.54) is 0 Å². The Morgan fingerprint density at radius 3 is 3.15 bits per heavy atom. The van der Waals surface area contributed by atoms with Gasteiger partial charge < -0.3 is 15.4 Å². The summed E-state index contributed by atoms with van der Waals surface area (Å²) in [4.78, 5) is 12.8. The summed E-state index contributed by atoms with van der Waals surface area (Å²) in [5.41, 5.74) is 5.09. The maximum absolute atomic E-state index is 10.6. The van der Waals surface area contributed by atoms with E-state index in [1.807, 2.05) is 0 Å². The molecule has 0 spiro atoms. The van der Waals surface area contributed by atoms with Crippen molar-refractivity contribution in [2.24, 2.45) is 5.73 Å². The number of nitrogens with zero attached hydrogens (tertiary/aromatic N) is 1. The molecule has 1 aliphatic heterocycles. The van der Waals surface area contributed by atoms with Crippen LogP contribution in [0.3, 0.4) is 0 Å². The Balaban J connectivity index is 2.26. The van der Waals surface area contributed by atoms with Gasteiger partial charge in [-0.15, -0.1) is 0 Å². The molecule has 1 amide bonds. The number of carbonyl (C=O) groups is 1.